The molecule has 1 unspecified atom stereocenters. The topological polar surface area (TPSA) is 67.2 Å². The second-order valence-electron chi connectivity index (χ2n) is 4.05. The van der Waals surface area contributed by atoms with Crippen LogP contribution in [0.25, 0.3) is 0 Å². The van der Waals surface area contributed by atoms with Crippen LogP contribution in [0.3, 0.4) is 0 Å². The number of hydrogen-bond donors (Lipinski definition) is 2. The van der Waals surface area contributed by atoms with Crippen LogP contribution in [0.4, 0.5) is 0 Å². The van der Waals surface area contributed by atoms with Crippen LogP contribution in [0, 0.1) is 13.8 Å². The van der Waals surface area contributed by atoms with Gasteiger partial charge in [-0.2, -0.15) is 11.8 Å². The minimum atomic E-state index is -0.0918. The number of oxazole rings is 1. The summed E-state index contributed by atoms with van der Waals surface area (Å²) >= 11 is 1.80. The van der Waals surface area contributed by atoms with Gasteiger partial charge >= 0.3 is 0 Å². The highest BCUT2D eigenvalue weighted by atomic mass is 32.2. The van der Waals surface area contributed by atoms with Gasteiger partial charge in [-0.15, -0.1) is 0 Å². The molecule has 0 aliphatic carbocycles. The van der Waals surface area contributed by atoms with Gasteiger partial charge in [-0.25, -0.2) is 4.98 Å². The van der Waals surface area contributed by atoms with Crippen LogP contribution in [0.1, 0.15) is 17.3 Å². The van der Waals surface area contributed by atoms with E-state index >= 15 is 0 Å². The van der Waals surface area contributed by atoms with Gasteiger partial charge < -0.3 is 15.1 Å². The number of aryl methyl sites for hydroxylation is 2. The molecule has 2 rings (SSSR count). The quantitative estimate of drug-likeness (QED) is 0.828. The third-order valence-electron chi connectivity index (χ3n) is 2.72. The van der Waals surface area contributed by atoms with Gasteiger partial charge in [-0.05, 0) is 13.8 Å². The highest BCUT2D eigenvalue weighted by Gasteiger charge is 2.20. The SMILES string of the molecule is Cc1nc(CNC(=O)C2CSCCN2)oc1C. The first kappa shape index (κ1) is 12.4. The molecule has 6 heteroatoms. The molecule has 1 amide bonds. The Bertz CT molecular complexity index is 380. The molecule has 2 heterocycles. The van der Waals surface area contributed by atoms with Crippen LogP contribution >= 0.6 is 11.8 Å². The normalized spacial score (nSPS) is 20.2. The fraction of sp³-hybridized carbons (Fsp3) is 0.636. The number of hydrogen-bond acceptors (Lipinski definition) is 5. The zero-order valence-corrected chi connectivity index (χ0v) is 10.9. The molecule has 0 radical (unpaired) electrons. The Balaban J connectivity index is 1.83. The highest BCUT2D eigenvalue weighted by Crippen LogP contribution is 2.09. The van der Waals surface area contributed by atoms with E-state index in [0.717, 1.165) is 29.5 Å². The van der Waals surface area contributed by atoms with Gasteiger partial charge in [-0.3, -0.25) is 4.79 Å². The average molecular weight is 255 g/mol. The fourth-order valence-corrected chi connectivity index (χ4v) is 2.57. The van der Waals surface area contributed by atoms with Crippen molar-refractivity contribution in [3.8, 4) is 0 Å². The Labute approximate surface area is 105 Å². The van der Waals surface area contributed by atoms with Crippen LogP contribution in [-0.2, 0) is 11.3 Å². The average Bonchev–Trinajstić information content (AvgIpc) is 2.67. The number of carbonyl (C=O) groups excluding carboxylic acids is 1. The van der Waals surface area contributed by atoms with Crippen molar-refractivity contribution in [1.82, 2.24) is 15.6 Å². The van der Waals surface area contributed by atoms with Gasteiger partial charge in [0.05, 0.1) is 18.3 Å². The van der Waals surface area contributed by atoms with Crippen molar-refractivity contribution in [3.63, 3.8) is 0 Å². The Morgan fingerprint density at radius 3 is 3.06 bits per heavy atom. The molecule has 0 aromatic carbocycles. The Hall–Kier alpha value is -1.01. The summed E-state index contributed by atoms with van der Waals surface area (Å²) in [7, 11) is 0. The summed E-state index contributed by atoms with van der Waals surface area (Å²) in [6.45, 7) is 5.01. The number of rotatable bonds is 3. The van der Waals surface area contributed by atoms with Gasteiger partial charge in [0.2, 0.25) is 11.8 Å². The van der Waals surface area contributed by atoms with Crippen molar-refractivity contribution in [1.29, 1.82) is 0 Å². The molecule has 0 bridgehead atoms. The molecular weight excluding hydrogens is 238 g/mol. The lowest BCUT2D eigenvalue weighted by molar-refractivity contribution is -0.122. The fourth-order valence-electron chi connectivity index (χ4n) is 1.63. The first-order chi connectivity index (χ1) is 8.16. The molecule has 1 aromatic heterocycles. The molecule has 1 aliphatic heterocycles. The standard InChI is InChI=1S/C11H17N3O2S/c1-7-8(2)16-10(14-7)5-13-11(15)9-6-17-4-3-12-9/h9,12H,3-6H2,1-2H3,(H,13,15). The number of carbonyl (C=O) groups is 1. The lowest BCUT2D eigenvalue weighted by Crippen LogP contribution is -2.48. The van der Waals surface area contributed by atoms with Crippen LogP contribution in [-0.4, -0.2) is 35.0 Å². The summed E-state index contributed by atoms with van der Waals surface area (Å²) in [5.74, 6) is 3.29. The summed E-state index contributed by atoms with van der Waals surface area (Å²) in [5, 5.41) is 6.03. The molecule has 5 nitrogen and oxygen atoms in total. The van der Waals surface area contributed by atoms with Gasteiger partial charge in [0, 0.05) is 18.1 Å². The largest absolute Gasteiger partial charge is 0.444 e. The molecule has 1 aliphatic rings. The zero-order chi connectivity index (χ0) is 12.3. The third-order valence-corrected chi connectivity index (χ3v) is 3.79. The molecule has 0 spiro atoms. The minimum Gasteiger partial charge on any atom is -0.444 e. The summed E-state index contributed by atoms with van der Waals surface area (Å²) in [6.07, 6.45) is 0. The number of aromatic nitrogens is 1. The number of nitrogens with zero attached hydrogens (tertiary/aromatic N) is 1. The van der Waals surface area contributed by atoms with Crippen LogP contribution in [0.15, 0.2) is 4.42 Å². The first-order valence-electron chi connectivity index (χ1n) is 5.68. The van der Waals surface area contributed by atoms with Gasteiger partial charge in [0.15, 0.2) is 0 Å². The molecule has 2 N–H and O–H groups in total. The van der Waals surface area contributed by atoms with Crippen molar-refractivity contribution in [3.05, 3.63) is 17.3 Å². The van der Waals surface area contributed by atoms with Crippen LogP contribution < -0.4 is 10.6 Å². The lowest BCUT2D eigenvalue weighted by Gasteiger charge is -2.21. The van der Waals surface area contributed by atoms with E-state index in [2.05, 4.69) is 15.6 Å². The summed E-state index contributed by atoms with van der Waals surface area (Å²) in [5.41, 5.74) is 0.876. The van der Waals surface area contributed by atoms with E-state index in [1.54, 1.807) is 11.8 Å². The van der Waals surface area contributed by atoms with Crippen molar-refractivity contribution in [2.75, 3.05) is 18.1 Å². The minimum absolute atomic E-state index is 0.0192. The number of thioether (sulfide) groups is 1. The maximum Gasteiger partial charge on any atom is 0.238 e. The van der Waals surface area contributed by atoms with E-state index < -0.39 is 0 Å². The summed E-state index contributed by atoms with van der Waals surface area (Å²) in [4.78, 5) is 16.0. The van der Waals surface area contributed by atoms with E-state index in [1.807, 2.05) is 13.8 Å². The van der Waals surface area contributed by atoms with Crippen molar-refractivity contribution >= 4 is 17.7 Å². The maximum atomic E-state index is 11.8. The second kappa shape index (κ2) is 5.55. The predicted molar refractivity (Wildman–Crippen MR) is 66.9 cm³/mol. The smallest absolute Gasteiger partial charge is 0.238 e. The molecule has 1 saturated heterocycles. The maximum absolute atomic E-state index is 11.8. The van der Waals surface area contributed by atoms with E-state index in [1.165, 1.54) is 0 Å². The van der Waals surface area contributed by atoms with Crippen molar-refractivity contribution in [2.24, 2.45) is 0 Å². The molecular formula is C11H17N3O2S. The molecule has 1 aromatic rings. The monoisotopic (exact) mass is 255 g/mol. The molecule has 17 heavy (non-hydrogen) atoms. The number of amides is 1. The van der Waals surface area contributed by atoms with Gasteiger partial charge in [0.1, 0.15) is 5.76 Å². The molecule has 94 valence electrons. The Morgan fingerprint density at radius 2 is 2.47 bits per heavy atom. The van der Waals surface area contributed by atoms with Crippen molar-refractivity contribution in [2.45, 2.75) is 26.4 Å². The summed E-state index contributed by atoms with van der Waals surface area (Å²) < 4.78 is 5.40. The van der Waals surface area contributed by atoms with E-state index in [-0.39, 0.29) is 11.9 Å². The van der Waals surface area contributed by atoms with Crippen LogP contribution in [0.2, 0.25) is 0 Å². The van der Waals surface area contributed by atoms with Crippen LogP contribution in [0.5, 0.6) is 0 Å². The molecule has 1 atom stereocenters. The van der Waals surface area contributed by atoms with Gasteiger partial charge in [0.25, 0.3) is 0 Å². The van der Waals surface area contributed by atoms with E-state index in [0.29, 0.717) is 12.4 Å². The molecule has 1 fully saturated rings. The van der Waals surface area contributed by atoms with Crippen molar-refractivity contribution < 1.29 is 9.21 Å². The summed E-state index contributed by atoms with van der Waals surface area (Å²) in [6, 6.07) is -0.0918. The lowest BCUT2D eigenvalue weighted by atomic mass is 10.3. The predicted octanol–water partition coefficient (Wildman–Crippen LogP) is 0.613. The number of nitrogens with one attached hydrogen (secondary N) is 2. The molecule has 0 saturated carbocycles. The highest BCUT2D eigenvalue weighted by molar-refractivity contribution is 7.99. The zero-order valence-electron chi connectivity index (χ0n) is 10.1. The van der Waals surface area contributed by atoms with E-state index in [4.69, 9.17) is 4.42 Å². The Morgan fingerprint density at radius 1 is 1.65 bits per heavy atom. The first-order valence-corrected chi connectivity index (χ1v) is 6.84. The Kier molecular flexibility index (Phi) is 4.06. The van der Waals surface area contributed by atoms with Gasteiger partial charge in [-0.1, -0.05) is 0 Å². The van der Waals surface area contributed by atoms with E-state index in [9.17, 15) is 4.79 Å². The second-order valence-corrected chi connectivity index (χ2v) is 5.20. The third kappa shape index (κ3) is 3.23.